The van der Waals surface area contributed by atoms with Gasteiger partial charge in [-0.15, -0.1) is 0 Å². The zero-order valence-electron chi connectivity index (χ0n) is 15.5. The first-order chi connectivity index (χ1) is 13.8. The molecule has 1 heterocycles. The van der Waals surface area contributed by atoms with Crippen LogP contribution in [0.25, 0.3) is 6.08 Å². The number of aryl methyl sites for hydroxylation is 2. The third-order valence-electron chi connectivity index (χ3n) is 3.91. The number of nitrogens with one attached hydrogen (secondary N) is 1. The lowest BCUT2D eigenvalue weighted by molar-refractivity contribution is -0.111. The molecule has 5 nitrogen and oxygen atoms in total. The molecular weight excluding hydrogens is 383 g/mol. The molecule has 0 saturated heterocycles. The van der Waals surface area contributed by atoms with Crippen molar-refractivity contribution >= 4 is 17.7 Å². The van der Waals surface area contributed by atoms with E-state index in [1.54, 1.807) is 19.9 Å². The molecule has 0 unspecified atom stereocenters. The van der Waals surface area contributed by atoms with Crippen molar-refractivity contribution in [3.05, 3.63) is 82.9 Å². The van der Waals surface area contributed by atoms with E-state index in [-0.39, 0.29) is 17.3 Å². The van der Waals surface area contributed by atoms with Crippen molar-refractivity contribution in [3.63, 3.8) is 0 Å². The van der Waals surface area contributed by atoms with Gasteiger partial charge in [0.1, 0.15) is 11.6 Å². The highest BCUT2D eigenvalue weighted by atomic mass is 19.1. The van der Waals surface area contributed by atoms with Crippen molar-refractivity contribution in [3.8, 4) is 11.8 Å². The van der Waals surface area contributed by atoms with Gasteiger partial charge in [-0.1, -0.05) is 12.1 Å². The van der Waals surface area contributed by atoms with Gasteiger partial charge in [0.25, 0.3) is 0 Å². The summed E-state index contributed by atoms with van der Waals surface area (Å²) in [6, 6.07) is 8.70. The summed E-state index contributed by atoms with van der Waals surface area (Å²) in [5.74, 6) is -2.43. The van der Waals surface area contributed by atoms with Crippen molar-refractivity contribution in [1.29, 1.82) is 0 Å². The van der Waals surface area contributed by atoms with E-state index in [1.165, 1.54) is 18.2 Å². The lowest BCUT2D eigenvalue weighted by atomic mass is 10.2. The summed E-state index contributed by atoms with van der Waals surface area (Å²) in [4.78, 5) is 20.4. The standard InChI is InChI=1S/C21H16F3N3O2/c1-12-20(27-19(28)10-7-14-11-15(22)8-9-16(14)23)13(2)26-21(25-12)29-18-6-4-3-5-17(18)24/h3-11H,1-2H3,(H,27,28)/b10-7+. The fourth-order valence-corrected chi connectivity index (χ4v) is 2.51. The maximum absolute atomic E-state index is 13.7. The van der Waals surface area contributed by atoms with Gasteiger partial charge < -0.3 is 10.1 Å². The maximum Gasteiger partial charge on any atom is 0.322 e. The largest absolute Gasteiger partial charge is 0.421 e. The van der Waals surface area contributed by atoms with Crippen LogP contribution >= 0.6 is 0 Å². The Morgan fingerprint density at radius 1 is 1.00 bits per heavy atom. The smallest absolute Gasteiger partial charge is 0.322 e. The van der Waals surface area contributed by atoms with E-state index in [4.69, 9.17) is 4.74 Å². The van der Waals surface area contributed by atoms with Crippen LogP contribution in [0.3, 0.4) is 0 Å². The Hall–Kier alpha value is -3.68. The zero-order valence-corrected chi connectivity index (χ0v) is 15.5. The molecule has 3 aromatic rings. The van der Waals surface area contributed by atoms with Crippen molar-refractivity contribution in [1.82, 2.24) is 9.97 Å². The van der Waals surface area contributed by atoms with Crippen molar-refractivity contribution in [2.75, 3.05) is 5.32 Å². The lowest BCUT2D eigenvalue weighted by Crippen LogP contribution is -2.12. The Balaban J connectivity index is 1.75. The molecule has 0 fully saturated rings. The number of rotatable bonds is 5. The molecule has 0 aliphatic rings. The van der Waals surface area contributed by atoms with Gasteiger partial charge in [0.05, 0.1) is 17.1 Å². The van der Waals surface area contributed by atoms with Gasteiger partial charge in [0.15, 0.2) is 11.6 Å². The number of benzene rings is 2. The van der Waals surface area contributed by atoms with Gasteiger partial charge in [-0.05, 0) is 50.3 Å². The topological polar surface area (TPSA) is 64.1 Å². The number of amides is 1. The second-order valence-electron chi connectivity index (χ2n) is 6.07. The molecule has 0 aliphatic heterocycles. The average molecular weight is 399 g/mol. The lowest BCUT2D eigenvalue weighted by Gasteiger charge is -2.11. The first kappa shape index (κ1) is 20.1. The normalized spacial score (nSPS) is 10.9. The van der Waals surface area contributed by atoms with E-state index >= 15 is 0 Å². The molecule has 0 bridgehead atoms. The highest BCUT2D eigenvalue weighted by molar-refractivity contribution is 6.02. The number of aromatic nitrogens is 2. The van der Waals surface area contributed by atoms with Crippen LogP contribution in [0.15, 0.2) is 48.5 Å². The number of halogens is 3. The van der Waals surface area contributed by atoms with Crippen LogP contribution in [0.2, 0.25) is 0 Å². The van der Waals surface area contributed by atoms with E-state index in [9.17, 15) is 18.0 Å². The quantitative estimate of drug-likeness (QED) is 0.617. The molecule has 148 valence electrons. The highest BCUT2D eigenvalue weighted by Gasteiger charge is 2.13. The van der Waals surface area contributed by atoms with Crippen LogP contribution in [0.4, 0.5) is 18.9 Å². The number of para-hydroxylation sites is 1. The van der Waals surface area contributed by atoms with Crippen LogP contribution < -0.4 is 10.1 Å². The van der Waals surface area contributed by atoms with Gasteiger partial charge in [0.2, 0.25) is 5.91 Å². The summed E-state index contributed by atoms with van der Waals surface area (Å²) in [7, 11) is 0. The maximum atomic E-state index is 13.7. The first-order valence-corrected chi connectivity index (χ1v) is 8.55. The van der Waals surface area contributed by atoms with Gasteiger partial charge in [-0.2, -0.15) is 9.97 Å². The van der Waals surface area contributed by atoms with Crippen molar-refractivity contribution < 1.29 is 22.7 Å². The summed E-state index contributed by atoms with van der Waals surface area (Å²) in [6.07, 6.45) is 2.23. The van der Waals surface area contributed by atoms with Crippen LogP contribution in [-0.4, -0.2) is 15.9 Å². The molecule has 0 spiro atoms. The van der Waals surface area contributed by atoms with E-state index < -0.39 is 23.4 Å². The second-order valence-corrected chi connectivity index (χ2v) is 6.07. The predicted molar refractivity (Wildman–Crippen MR) is 102 cm³/mol. The van der Waals surface area contributed by atoms with Gasteiger partial charge in [0, 0.05) is 11.6 Å². The number of anilines is 1. The Kier molecular flexibility index (Phi) is 5.92. The van der Waals surface area contributed by atoms with E-state index in [1.807, 2.05) is 0 Å². The summed E-state index contributed by atoms with van der Waals surface area (Å²) in [6.45, 7) is 3.24. The summed E-state index contributed by atoms with van der Waals surface area (Å²) < 4.78 is 45.9. The van der Waals surface area contributed by atoms with Crippen LogP contribution in [0, 0.1) is 31.3 Å². The van der Waals surface area contributed by atoms with Gasteiger partial charge >= 0.3 is 6.01 Å². The number of hydrogen-bond donors (Lipinski definition) is 1. The first-order valence-electron chi connectivity index (χ1n) is 8.55. The molecule has 1 N–H and O–H groups in total. The number of carbonyl (C=O) groups is 1. The molecule has 3 rings (SSSR count). The molecular formula is C21H16F3N3O2. The Morgan fingerprint density at radius 2 is 1.69 bits per heavy atom. The minimum Gasteiger partial charge on any atom is -0.421 e. The summed E-state index contributed by atoms with van der Waals surface area (Å²) in [5.41, 5.74) is 1.06. The van der Waals surface area contributed by atoms with Gasteiger partial charge in [-0.3, -0.25) is 4.79 Å². The van der Waals surface area contributed by atoms with E-state index in [2.05, 4.69) is 15.3 Å². The molecule has 29 heavy (non-hydrogen) atoms. The fourth-order valence-electron chi connectivity index (χ4n) is 2.51. The molecule has 1 amide bonds. The SMILES string of the molecule is Cc1nc(Oc2ccccc2F)nc(C)c1NC(=O)/C=C/c1cc(F)ccc1F. The van der Waals surface area contributed by atoms with Crippen LogP contribution in [0.5, 0.6) is 11.8 Å². The molecule has 0 radical (unpaired) electrons. The summed E-state index contributed by atoms with van der Waals surface area (Å²) in [5, 5.41) is 2.59. The van der Waals surface area contributed by atoms with Crippen LogP contribution in [0.1, 0.15) is 17.0 Å². The molecule has 0 atom stereocenters. The molecule has 1 aromatic heterocycles. The Morgan fingerprint density at radius 3 is 2.38 bits per heavy atom. The second kappa shape index (κ2) is 8.55. The minimum absolute atomic E-state index is 0.0249. The van der Waals surface area contributed by atoms with E-state index in [0.717, 1.165) is 30.4 Å². The zero-order chi connectivity index (χ0) is 21.0. The van der Waals surface area contributed by atoms with Crippen LogP contribution in [-0.2, 0) is 4.79 Å². The molecule has 8 heteroatoms. The number of carbonyl (C=O) groups excluding carboxylic acids is 1. The average Bonchev–Trinajstić information content (AvgIpc) is 2.67. The highest BCUT2D eigenvalue weighted by Crippen LogP contribution is 2.25. The van der Waals surface area contributed by atoms with Crippen molar-refractivity contribution in [2.24, 2.45) is 0 Å². The molecule has 2 aromatic carbocycles. The number of hydrogen-bond acceptors (Lipinski definition) is 4. The summed E-state index contributed by atoms with van der Waals surface area (Å²) >= 11 is 0. The number of nitrogens with zero attached hydrogens (tertiary/aromatic N) is 2. The molecule has 0 aliphatic carbocycles. The van der Waals surface area contributed by atoms with E-state index in [0.29, 0.717) is 17.1 Å². The van der Waals surface area contributed by atoms with Crippen molar-refractivity contribution in [2.45, 2.75) is 13.8 Å². The predicted octanol–water partition coefficient (Wildman–Crippen LogP) is 4.95. The third-order valence-corrected chi connectivity index (χ3v) is 3.91. The van der Waals surface area contributed by atoms with Gasteiger partial charge in [-0.25, -0.2) is 13.2 Å². The monoisotopic (exact) mass is 399 g/mol. The minimum atomic E-state index is -0.652. The fraction of sp³-hybridized carbons (Fsp3) is 0.0952. The molecule has 0 saturated carbocycles. The number of ether oxygens (including phenoxy) is 1. The Labute approximate surface area is 164 Å². The third kappa shape index (κ3) is 4.98. The Bertz CT molecular complexity index is 1080.